The Balaban J connectivity index is 2.25. The zero-order chi connectivity index (χ0) is 22.8. The minimum absolute atomic E-state index is 0.159. The first kappa shape index (κ1) is 14.9. The number of fused-ring (bicyclic) bond motifs is 3. The molecule has 0 saturated heterocycles. The zero-order valence-corrected chi connectivity index (χ0v) is 17.1. The second-order valence-corrected chi connectivity index (χ2v) is 7.60. The van der Waals surface area contributed by atoms with Gasteiger partial charge in [-0.15, -0.1) is 0 Å². The third-order valence-corrected chi connectivity index (χ3v) is 5.44. The van der Waals surface area contributed by atoms with Crippen molar-refractivity contribution in [3.63, 3.8) is 0 Å². The van der Waals surface area contributed by atoms with E-state index in [4.69, 9.17) is 8.53 Å². The van der Waals surface area contributed by atoms with Crippen LogP contribution in [-0.2, 0) is 7.05 Å². The first-order valence-electron chi connectivity index (χ1n) is 10.8. The molecule has 4 rings (SSSR count). The van der Waals surface area contributed by atoms with Crippen molar-refractivity contribution in [1.82, 2.24) is 0 Å². The van der Waals surface area contributed by atoms with Crippen LogP contribution in [0.5, 0.6) is 0 Å². The Morgan fingerprint density at radius 3 is 2.46 bits per heavy atom. The summed E-state index contributed by atoms with van der Waals surface area (Å²) < 4.78 is 34.3. The Kier molecular flexibility index (Phi) is 3.45. The molecule has 0 aliphatic heterocycles. The van der Waals surface area contributed by atoms with Crippen LogP contribution < -0.4 is 4.57 Å². The summed E-state index contributed by atoms with van der Waals surface area (Å²) in [6.45, 7) is 9.17. The first-order chi connectivity index (χ1) is 14.5. The Morgan fingerprint density at radius 1 is 1.07 bits per heavy atom. The lowest BCUT2D eigenvalue weighted by atomic mass is 9.95. The monoisotopic (exact) mass is 372 g/mol. The molecule has 2 heterocycles. The molecule has 0 saturated carbocycles. The van der Waals surface area contributed by atoms with Gasteiger partial charge in [0, 0.05) is 31.2 Å². The number of nitrogens with zero attached hydrogens (tertiary/aromatic N) is 2. The van der Waals surface area contributed by atoms with Crippen LogP contribution in [0.1, 0.15) is 51.8 Å². The number of hydrogen-bond donors (Lipinski definition) is 0. The number of benzene rings is 2. The summed E-state index contributed by atoms with van der Waals surface area (Å²) in [4.78, 5) is 0. The van der Waals surface area contributed by atoms with E-state index >= 15 is 0 Å². The molecule has 3 nitrogen and oxygen atoms in total. The van der Waals surface area contributed by atoms with Crippen molar-refractivity contribution in [3.05, 3.63) is 64.3 Å². The highest BCUT2D eigenvalue weighted by atomic mass is 16.3. The summed E-state index contributed by atoms with van der Waals surface area (Å²) in [7, 11) is 1.84. The predicted octanol–water partition coefficient (Wildman–Crippen LogP) is 6.00. The molecule has 2 aromatic heterocycles. The first-order valence-corrected chi connectivity index (χ1v) is 9.35. The van der Waals surface area contributed by atoms with Crippen LogP contribution in [0.2, 0.25) is 0 Å². The van der Waals surface area contributed by atoms with Crippen molar-refractivity contribution in [2.24, 2.45) is 7.05 Å². The molecule has 0 spiro atoms. The Bertz CT molecular complexity index is 1440. The summed E-state index contributed by atoms with van der Waals surface area (Å²) in [5.41, 5.74) is 6.16. The van der Waals surface area contributed by atoms with E-state index in [-0.39, 0.29) is 12.1 Å². The van der Waals surface area contributed by atoms with E-state index in [0.717, 1.165) is 27.5 Å². The maximum Gasteiger partial charge on any atom is 0.216 e. The highest BCUT2D eigenvalue weighted by Gasteiger charge is 2.24. The van der Waals surface area contributed by atoms with E-state index in [1.165, 1.54) is 0 Å². The van der Waals surface area contributed by atoms with Crippen LogP contribution in [-0.4, -0.2) is 0 Å². The Labute approximate surface area is 170 Å². The fourth-order valence-corrected chi connectivity index (χ4v) is 3.71. The lowest BCUT2D eigenvalue weighted by Crippen LogP contribution is -2.35. The quantitative estimate of drug-likeness (QED) is 0.405. The maximum absolute atomic E-state index is 9.66. The highest BCUT2D eigenvalue weighted by Crippen LogP contribution is 2.39. The van der Waals surface area contributed by atoms with Crippen LogP contribution in [0.25, 0.3) is 33.2 Å². The van der Waals surface area contributed by atoms with Gasteiger partial charge < -0.3 is 4.42 Å². The number of hydrogen-bond acceptors (Lipinski definition) is 2. The third kappa shape index (κ3) is 2.60. The number of pyridine rings is 1. The molecule has 0 fully saturated rings. The lowest BCUT2D eigenvalue weighted by Gasteiger charge is -2.11. The highest BCUT2D eigenvalue weighted by molar-refractivity contribution is 6.12. The second kappa shape index (κ2) is 6.49. The number of furan rings is 1. The van der Waals surface area contributed by atoms with Crippen LogP contribution in [0.3, 0.4) is 0 Å². The average molecular weight is 373 g/mol. The standard InChI is InChI=1S/C25H25N2O/c1-14(2)19-11-17(5)27(6)21(12-19)22-15(3)8-10-20-23-18(13-26)9-7-16(4)24(23)28-25(20)22/h7-12,14H,1-6H3/q+1/i11D,12D,14D. The molecule has 3 heteroatoms. The summed E-state index contributed by atoms with van der Waals surface area (Å²) in [6, 6.07) is 10.3. The minimum Gasteiger partial charge on any atom is -0.455 e. The fourth-order valence-electron chi connectivity index (χ4n) is 3.71. The van der Waals surface area contributed by atoms with Gasteiger partial charge in [0.05, 0.1) is 19.9 Å². The molecule has 0 radical (unpaired) electrons. The topological polar surface area (TPSA) is 40.8 Å². The van der Waals surface area contributed by atoms with Gasteiger partial charge in [0.2, 0.25) is 5.69 Å². The van der Waals surface area contributed by atoms with Gasteiger partial charge >= 0.3 is 0 Å². The predicted molar refractivity (Wildman–Crippen MR) is 113 cm³/mol. The molecule has 0 aliphatic carbocycles. The second-order valence-electron chi connectivity index (χ2n) is 7.60. The van der Waals surface area contributed by atoms with Gasteiger partial charge in [-0.25, -0.2) is 0 Å². The van der Waals surface area contributed by atoms with Crippen LogP contribution >= 0.6 is 0 Å². The molecule has 0 amide bonds. The van der Waals surface area contributed by atoms with Crippen LogP contribution in [0.4, 0.5) is 0 Å². The van der Waals surface area contributed by atoms with Gasteiger partial charge in [-0.05, 0) is 42.5 Å². The Morgan fingerprint density at radius 2 is 1.79 bits per heavy atom. The van der Waals surface area contributed by atoms with Crippen LogP contribution in [0, 0.1) is 32.1 Å². The molecule has 28 heavy (non-hydrogen) atoms. The van der Waals surface area contributed by atoms with E-state index in [2.05, 4.69) is 6.07 Å². The SMILES string of the molecule is [2H]c1c(C([2H])(C)C)c([2H])c(-c2c(C)ccc3c2oc2c(C)ccc(C#N)c23)[n+](C)c1C. The van der Waals surface area contributed by atoms with Crippen molar-refractivity contribution >= 4 is 21.9 Å². The number of rotatable bonds is 2. The van der Waals surface area contributed by atoms with Crippen molar-refractivity contribution in [3.8, 4) is 17.3 Å². The van der Waals surface area contributed by atoms with Crippen LogP contribution in [0.15, 0.2) is 40.8 Å². The maximum atomic E-state index is 9.66. The van der Waals surface area contributed by atoms with Gasteiger partial charge in [0.15, 0.2) is 5.69 Å². The molecule has 0 N–H and O–H groups in total. The molecule has 0 bridgehead atoms. The molecule has 140 valence electrons. The molecular weight excluding hydrogens is 344 g/mol. The van der Waals surface area contributed by atoms with Gasteiger partial charge in [-0.1, -0.05) is 32.0 Å². The summed E-state index contributed by atoms with van der Waals surface area (Å²) in [5, 5.41) is 11.3. The van der Waals surface area contributed by atoms with Gasteiger partial charge in [-0.2, -0.15) is 9.83 Å². The van der Waals surface area contributed by atoms with Crippen molar-refractivity contribution in [1.29, 1.82) is 5.26 Å². The molecular formula is C25H25N2O+. The number of aromatic nitrogens is 1. The third-order valence-electron chi connectivity index (χ3n) is 5.44. The van der Waals surface area contributed by atoms with Crippen molar-refractivity contribution < 1.29 is 13.1 Å². The summed E-state index contributed by atoms with van der Waals surface area (Å²) in [5.74, 6) is -1.10. The normalized spacial score (nSPS) is 13.4. The smallest absolute Gasteiger partial charge is 0.216 e. The lowest BCUT2D eigenvalue weighted by molar-refractivity contribution is -0.666. The van der Waals surface area contributed by atoms with E-state index in [9.17, 15) is 5.26 Å². The number of nitriles is 1. The molecule has 4 aromatic rings. The van der Waals surface area contributed by atoms with Gasteiger partial charge in [-0.3, -0.25) is 0 Å². The van der Waals surface area contributed by atoms with Crippen molar-refractivity contribution in [2.75, 3.05) is 0 Å². The van der Waals surface area contributed by atoms with E-state index < -0.39 is 5.89 Å². The Hall–Kier alpha value is -3.12. The largest absolute Gasteiger partial charge is 0.455 e. The average Bonchev–Trinajstić information content (AvgIpc) is 3.08. The molecule has 0 aliphatic rings. The van der Waals surface area contributed by atoms with E-state index in [1.807, 2.05) is 56.7 Å². The summed E-state index contributed by atoms with van der Waals surface area (Å²) >= 11 is 0. The van der Waals surface area contributed by atoms with Gasteiger partial charge in [0.25, 0.3) is 0 Å². The van der Waals surface area contributed by atoms with Crippen molar-refractivity contribution in [2.45, 2.75) is 40.5 Å². The molecule has 2 aromatic carbocycles. The van der Waals surface area contributed by atoms with Gasteiger partial charge in [0.1, 0.15) is 18.2 Å². The molecule has 0 unspecified atom stereocenters. The summed E-state index contributed by atoms with van der Waals surface area (Å²) in [6.07, 6.45) is 0. The number of aryl methyl sites for hydroxylation is 2. The molecule has 0 atom stereocenters. The van der Waals surface area contributed by atoms with E-state index in [0.29, 0.717) is 33.7 Å². The van der Waals surface area contributed by atoms with E-state index in [1.54, 1.807) is 13.8 Å². The minimum atomic E-state index is -1.10. The zero-order valence-electron chi connectivity index (χ0n) is 20.1. The fraction of sp³-hybridized carbons (Fsp3) is 0.280.